The van der Waals surface area contributed by atoms with Gasteiger partial charge in [-0.05, 0) is 26.2 Å². The number of hydrogen-bond donors (Lipinski definition) is 2. The predicted molar refractivity (Wildman–Crippen MR) is 55.1 cm³/mol. The highest BCUT2D eigenvalue weighted by Gasteiger charge is 2.26. The minimum atomic E-state index is -1.11. The second-order valence-corrected chi connectivity index (χ2v) is 3.54. The number of ether oxygens (including phenoxy) is 1. The van der Waals surface area contributed by atoms with Gasteiger partial charge in [0.15, 0.2) is 0 Å². The molecule has 0 aromatic carbocycles. The van der Waals surface area contributed by atoms with Crippen LogP contribution in [0.4, 0.5) is 0 Å². The van der Waals surface area contributed by atoms with Crippen LogP contribution in [0.3, 0.4) is 0 Å². The van der Waals surface area contributed by atoms with Gasteiger partial charge < -0.3 is 15.6 Å². The first kappa shape index (κ1) is 13.1. The van der Waals surface area contributed by atoms with Crippen LogP contribution >= 0.6 is 0 Å². The summed E-state index contributed by atoms with van der Waals surface area (Å²) in [5.74, 6) is -0.954. The summed E-state index contributed by atoms with van der Waals surface area (Å²) in [4.78, 5) is 10.6. The molecular weight excluding hydrogens is 182 g/mol. The molecule has 0 fully saturated rings. The molecule has 0 aromatic heterocycles. The minimum Gasteiger partial charge on any atom is -0.480 e. The van der Waals surface area contributed by atoms with Crippen LogP contribution < -0.4 is 5.73 Å². The van der Waals surface area contributed by atoms with Crippen molar-refractivity contribution in [1.82, 2.24) is 0 Å². The molecular formula is C10H19NO3. The smallest absolute Gasteiger partial charge is 0.323 e. The van der Waals surface area contributed by atoms with Crippen molar-refractivity contribution in [3.63, 3.8) is 0 Å². The maximum Gasteiger partial charge on any atom is 0.323 e. The van der Waals surface area contributed by atoms with E-state index in [1.54, 1.807) is 6.08 Å². The van der Waals surface area contributed by atoms with Crippen LogP contribution in [-0.2, 0) is 9.53 Å². The molecule has 1 atom stereocenters. The second kappa shape index (κ2) is 6.56. The van der Waals surface area contributed by atoms with E-state index in [2.05, 4.69) is 6.58 Å². The monoisotopic (exact) mass is 201 g/mol. The van der Waals surface area contributed by atoms with E-state index in [9.17, 15) is 4.79 Å². The van der Waals surface area contributed by atoms with Crippen LogP contribution in [0.25, 0.3) is 0 Å². The van der Waals surface area contributed by atoms with E-state index >= 15 is 0 Å². The van der Waals surface area contributed by atoms with Crippen LogP contribution in [-0.4, -0.2) is 29.8 Å². The quantitative estimate of drug-likeness (QED) is 0.456. The van der Waals surface area contributed by atoms with Gasteiger partial charge in [0, 0.05) is 6.61 Å². The van der Waals surface area contributed by atoms with Crippen molar-refractivity contribution < 1.29 is 14.6 Å². The van der Waals surface area contributed by atoms with Gasteiger partial charge >= 0.3 is 5.97 Å². The molecule has 0 heterocycles. The van der Waals surface area contributed by atoms with Gasteiger partial charge in [-0.1, -0.05) is 6.08 Å². The zero-order chi connectivity index (χ0) is 11.0. The Bertz CT molecular complexity index is 190. The molecule has 14 heavy (non-hydrogen) atoms. The van der Waals surface area contributed by atoms with Gasteiger partial charge in [-0.25, -0.2) is 0 Å². The second-order valence-electron chi connectivity index (χ2n) is 3.54. The van der Waals surface area contributed by atoms with Crippen molar-refractivity contribution in [2.24, 2.45) is 5.73 Å². The summed E-state index contributed by atoms with van der Waals surface area (Å²) >= 11 is 0. The third-order valence-corrected chi connectivity index (χ3v) is 1.96. The zero-order valence-corrected chi connectivity index (χ0v) is 8.66. The topological polar surface area (TPSA) is 72.5 Å². The van der Waals surface area contributed by atoms with E-state index in [4.69, 9.17) is 15.6 Å². The van der Waals surface area contributed by atoms with Crippen LogP contribution in [0.2, 0.25) is 0 Å². The van der Waals surface area contributed by atoms with Crippen molar-refractivity contribution >= 4 is 5.97 Å². The molecule has 0 unspecified atom stereocenters. The first-order valence-corrected chi connectivity index (χ1v) is 4.71. The average Bonchev–Trinajstić information content (AvgIpc) is 2.10. The molecule has 3 N–H and O–H groups in total. The fraction of sp³-hybridized carbons (Fsp3) is 0.700. The third-order valence-electron chi connectivity index (χ3n) is 1.96. The van der Waals surface area contributed by atoms with Crippen molar-refractivity contribution in [1.29, 1.82) is 0 Å². The Balaban J connectivity index is 3.44. The van der Waals surface area contributed by atoms with Gasteiger partial charge in [-0.2, -0.15) is 0 Å². The molecule has 0 radical (unpaired) electrons. The predicted octanol–water partition coefficient (Wildman–Crippen LogP) is 1.16. The lowest BCUT2D eigenvalue weighted by atomic mass is 9.97. The number of nitrogens with two attached hydrogens (primary N) is 1. The van der Waals surface area contributed by atoms with Crippen LogP contribution in [0.5, 0.6) is 0 Å². The van der Waals surface area contributed by atoms with Gasteiger partial charge in [0.25, 0.3) is 0 Å². The van der Waals surface area contributed by atoms with E-state index in [-0.39, 0.29) is 0 Å². The fourth-order valence-corrected chi connectivity index (χ4v) is 0.970. The molecule has 0 aliphatic rings. The number of unbranched alkanes of at least 4 members (excludes halogenated alkanes) is 1. The number of carboxylic acid groups (broad SMARTS) is 1. The van der Waals surface area contributed by atoms with Gasteiger partial charge in [0.2, 0.25) is 0 Å². The Morgan fingerprint density at radius 2 is 2.29 bits per heavy atom. The lowest BCUT2D eigenvalue weighted by molar-refractivity contribution is -0.142. The minimum absolute atomic E-state index is 0.472. The Hall–Kier alpha value is -0.870. The summed E-state index contributed by atoms with van der Waals surface area (Å²) in [5, 5.41) is 8.71. The Labute approximate surface area is 84.7 Å². The molecule has 0 saturated carbocycles. The molecule has 82 valence electrons. The summed E-state index contributed by atoms with van der Waals surface area (Å²) in [6.45, 7) is 6.21. The van der Waals surface area contributed by atoms with Crippen LogP contribution in [0.1, 0.15) is 26.2 Å². The molecule has 0 amide bonds. The van der Waals surface area contributed by atoms with Crippen LogP contribution in [0, 0.1) is 0 Å². The molecule has 0 aliphatic heterocycles. The Kier molecular flexibility index (Phi) is 6.16. The summed E-state index contributed by atoms with van der Waals surface area (Å²) < 4.78 is 5.15. The highest BCUT2D eigenvalue weighted by Crippen LogP contribution is 2.10. The van der Waals surface area contributed by atoms with E-state index in [0.717, 1.165) is 12.8 Å². The maximum atomic E-state index is 10.6. The highest BCUT2D eigenvalue weighted by molar-refractivity contribution is 5.77. The Morgan fingerprint density at radius 1 is 1.64 bits per heavy atom. The number of carboxylic acids is 1. The molecule has 0 spiro atoms. The van der Waals surface area contributed by atoms with Crippen molar-refractivity contribution in [3.8, 4) is 0 Å². The number of aliphatic carboxylic acids is 1. The summed E-state index contributed by atoms with van der Waals surface area (Å²) in [7, 11) is 0. The number of rotatable bonds is 8. The molecule has 0 rings (SSSR count). The molecule has 0 aromatic rings. The van der Waals surface area contributed by atoms with Gasteiger partial charge in [-0.3, -0.25) is 4.79 Å². The van der Waals surface area contributed by atoms with Gasteiger partial charge in [0.05, 0.1) is 6.61 Å². The van der Waals surface area contributed by atoms with Crippen molar-refractivity contribution in [3.05, 3.63) is 12.7 Å². The third kappa shape index (κ3) is 5.72. The SMILES string of the molecule is C=CCOCCCC[C@](C)(N)C(=O)O. The average molecular weight is 201 g/mol. The fourth-order valence-electron chi connectivity index (χ4n) is 0.970. The van der Waals surface area contributed by atoms with Gasteiger partial charge in [-0.15, -0.1) is 6.58 Å². The molecule has 0 saturated heterocycles. The number of hydrogen-bond acceptors (Lipinski definition) is 3. The van der Waals surface area contributed by atoms with Gasteiger partial charge in [0.1, 0.15) is 5.54 Å². The maximum absolute atomic E-state index is 10.6. The largest absolute Gasteiger partial charge is 0.480 e. The molecule has 0 bridgehead atoms. The van der Waals surface area contributed by atoms with Crippen molar-refractivity contribution in [2.75, 3.05) is 13.2 Å². The Morgan fingerprint density at radius 3 is 2.79 bits per heavy atom. The molecule has 4 nitrogen and oxygen atoms in total. The first-order chi connectivity index (χ1) is 6.50. The summed E-state index contributed by atoms with van der Waals surface area (Å²) in [6.07, 6.45) is 3.74. The van der Waals surface area contributed by atoms with E-state index in [1.165, 1.54) is 6.92 Å². The van der Waals surface area contributed by atoms with Crippen LogP contribution in [0.15, 0.2) is 12.7 Å². The van der Waals surface area contributed by atoms with Crippen molar-refractivity contribution in [2.45, 2.75) is 31.7 Å². The molecule has 0 aliphatic carbocycles. The van der Waals surface area contributed by atoms with E-state index < -0.39 is 11.5 Å². The zero-order valence-electron chi connectivity index (χ0n) is 8.66. The first-order valence-electron chi connectivity index (χ1n) is 4.71. The number of carbonyl (C=O) groups is 1. The molecule has 4 heteroatoms. The summed E-state index contributed by atoms with van der Waals surface area (Å²) in [6, 6.07) is 0. The lowest BCUT2D eigenvalue weighted by Gasteiger charge is -2.18. The normalized spacial score (nSPS) is 14.7. The van der Waals surface area contributed by atoms with E-state index in [0.29, 0.717) is 19.6 Å². The lowest BCUT2D eigenvalue weighted by Crippen LogP contribution is -2.44. The van der Waals surface area contributed by atoms with E-state index in [1.807, 2.05) is 0 Å². The highest BCUT2D eigenvalue weighted by atomic mass is 16.5. The standard InChI is InChI=1S/C10H19NO3/c1-3-7-14-8-5-4-6-10(2,11)9(12)13/h3H,1,4-8,11H2,2H3,(H,12,13)/t10-/m0/s1. The summed E-state index contributed by atoms with van der Waals surface area (Å²) in [5.41, 5.74) is 4.43.